The lowest BCUT2D eigenvalue weighted by Gasteiger charge is -2.29. The standard InChI is InChI=1S/C54H35NO/c1-3-12-36(13-4-1)38-24-28-43(29-25-38)55(44-30-26-40-22-23-42-33-54-51(35-49(42)48(40)34-44)47-19-9-10-21-53(47)56-54)52-31-27-41(37-14-5-2-6-15-37)32-50(52)46-20-11-17-39-16-7-8-18-45(39)46/h1-35H. The molecule has 2 nitrogen and oxygen atoms in total. The van der Waals surface area contributed by atoms with Gasteiger partial charge in [0, 0.05) is 27.7 Å². The van der Waals surface area contributed by atoms with Crippen molar-refractivity contribution in [3.8, 4) is 33.4 Å². The molecule has 11 aromatic rings. The summed E-state index contributed by atoms with van der Waals surface area (Å²) in [7, 11) is 0. The van der Waals surface area contributed by atoms with E-state index in [-0.39, 0.29) is 0 Å². The zero-order chi connectivity index (χ0) is 37.0. The Hall–Kier alpha value is -7.42. The maximum atomic E-state index is 6.31. The van der Waals surface area contributed by atoms with E-state index >= 15 is 0 Å². The van der Waals surface area contributed by atoms with Gasteiger partial charge in [0.2, 0.25) is 0 Å². The van der Waals surface area contributed by atoms with Crippen LogP contribution >= 0.6 is 0 Å². The van der Waals surface area contributed by atoms with Crippen molar-refractivity contribution in [3.63, 3.8) is 0 Å². The van der Waals surface area contributed by atoms with Crippen molar-refractivity contribution in [2.24, 2.45) is 0 Å². The van der Waals surface area contributed by atoms with Crippen LogP contribution in [0.4, 0.5) is 17.1 Å². The Morgan fingerprint density at radius 3 is 1.70 bits per heavy atom. The van der Waals surface area contributed by atoms with Gasteiger partial charge in [-0.3, -0.25) is 0 Å². The van der Waals surface area contributed by atoms with E-state index < -0.39 is 0 Å². The van der Waals surface area contributed by atoms with Crippen LogP contribution in [0.1, 0.15) is 0 Å². The molecule has 0 aliphatic heterocycles. The Bertz CT molecular complexity index is 3230. The highest BCUT2D eigenvalue weighted by Gasteiger charge is 2.21. The maximum absolute atomic E-state index is 6.31. The summed E-state index contributed by atoms with van der Waals surface area (Å²) in [5.74, 6) is 0. The van der Waals surface area contributed by atoms with Gasteiger partial charge in [-0.2, -0.15) is 0 Å². The first-order chi connectivity index (χ1) is 27.7. The minimum absolute atomic E-state index is 0.910. The second kappa shape index (κ2) is 13.2. The maximum Gasteiger partial charge on any atom is 0.136 e. The number of para-hydroxylation sites is 1. The fraction of sp³-hybridized carbons (Fsp3) is 0. The molecule has 0 aliphatic rings. The molecule has 1 heterocycles. The van der Waals surface area contributed by atoms with E-state index in [0.717, 1.165) is 44.4 Å². The zero-order valence-electron chi connectivity index (χ0n) is 30.6. The summed E-state index contributed by atoms with van der Waals surface area (Å²) < 4.78 is 6.31. The van der Waals surface area contributed by atoms with E-state index in [2.05, 4.69) is 205 Å². The van der Waals surface area contributed by atoms with Crippen molar-refractivity contribution in [1.29, 1.82) is 0 Å². The van der Waals surface area contributed by atoms with Gasteiger partial charge in [-0.05, 0) is 115 Å². The van der Waals surface area contributed by atoms with Gasteiger partial charge in [0.1, 0.15) is 11.2 Å². The molecule has 11 rings (SSSR count). The van der Waals surface area contributed by atoms with Crippen molar-refractivity contribution >= 4 is 71.3 Å². The quantitative estimate of drug-likeness (QED) is 0.160. The molecular formula is C54H35NO. The first-order valence-corrected chi connectivity index (χ1v) is 19.2. The highest BCUT2D eigenvalue weighted by molar-refractivity contribution is 6.17. The number of benzene rings is 10. The van der Waals surface area contributed by atoms with Crippen LogP contribution in [0.2, 0.25) is 0 Å². The molecule has 2 heteroatoms. The molecule has 10 aromatic carbocycles. The van der Waals surface area contributed by atoms with Crippen molar-refractivity contribution < 1.29 is 4.42 Å². The van der Waals surface area contributed by atoms with Gasteiger partial charge in [-0.25, -0.2) is 0 Å². The molecule has 262 valence electrons. The summed E-state index contributed by atoms with van der Waals surface area (Å²) in [6, 6.07) is 76.7. The number of hydrogen-bond acceptors (Lipinski definition) is 2. The van der Waals surface area contributed by atoms with E-state index in [1.807, 2.05) is 12.1 Å². The number of furan rings is 1. The van der Waals surface area contributed by atoms with Crippen LogP contribution in [-0.2, 0) is 0 Å². The molecule has 0 unspecified atom stereocenters. The molecule has 0 radical (unpaired) electrons. The topological polar surface area (TPSA) is 16.4 Å². The molecule has 0 N–H and O–H groups in total. The van der Waals surface area contributed by atoms with Crippen molar-refractivity contribution in [2.75, 3.05) is 4.90 Å². The molecule has 1 aromatic heterocycles. The van der Waals surface area contributed by atoms with Gasteiger partial charge in [-0.15, -0.1) is 0 Å². The highest BCUT2D eigenvalue weighted by atomic mass is 16.3. The van der Waals surface area contributed by atoms with Crippen LogP contribution in [0.5, 0.6) is 0 Å². The Morgan fingerprint density at radius 2 is 0.875 bits per heavy atom. The lowest BCUT2D eigenvalue weighted by molar-refractivity contribution is 0.669. The summed E-state index contributed by atoms with van der Waals surface area (Å²) in [5, 5.41) is 9.47. The van der Waals surface area contributed by atoms with Gasteiger partial charge in [0.05, 0.1) is 5.69 Å². The molecule has 0 aliphatic carbocycles. The molecule has 0 saturated heterocycles. The monoisotopic (exact) mass is 713 g/mol. The molecule has 0 atom stereocenters. The van der Waals surface area contributed by atoms with Crippen LogP contribution in [-0.4, -0.2) is 0 Å². The third-order valence-corrected chi connectivity index (χ3v) is 11.2. The Labute approximate surface area is 325 Å². The normalized spacial score (nSPS) is 11.6. The lowest BCUT2D eigenvalue weighted by atomic mass is 9.92. The summed E-state index contributed by atoms with van der Waals surface area (Å²) in [6.45, 7) is 0. The van der Waals surface area contributed by atoms with Crippen molar-refractivity contribution in [3.05, 3.63) is 212 Å². The number of rotatable bonds is 6. The summed E-state index contributed by atoms with van der Waals surface area (Å²) in [5.41, 5.74) is 12.2. The second-order valence-electron chi connectivity index (χ2n) is 14.5. The average Bonchev–Trinajstić information content (AvgIpc) is 3.64. The van der Waals surface area contributed by atoms with Crippen LogP contribution in [0.25, 0.3) is 87.6 Å². The highest BCUT2D eigenvalue weighted by Crippen LogP contribution is 2.46. The van der Waals surface area contributed by atoms with E-state index in [9.17, 15) is 0 Å². The van der Waals surface area contributed by atoms with E-state index in [0.29, 0.717) is 0 Å². The Kier molecular flexibility index (Phi) is 7.53. The van der Waals surface area contributed by atoms with Gasteiger partial charge in [0.15, 0.2) is 0 Å². The predicted molar refractivity (Wildman–Crippen MR) is 237 cm³/mol. The summed E-state index contributed by atoms with van der Waals surface area (Å²) >= 11 is 0. The minimum Gasteiger partial charge on any atom is -0.456 e. The lowest BCUT2D eigenvalue weighted by Crippen LogP contribution is -2.11. The Balaban J connectivity index is 1.18. The summed E-state index contributed by atoms with van der Waals surface area (Å²) in [6.07, 6.45) is 0. The minimum atomic E-state index is 0.910. The number of fused-ring (bicyclic) bond motifs is 7. The average molecular weight is 714 g/mol. The van der Waals surface area contributed by atoms with Crippen molar-refractivity contribution in [2.45, 2.75) is 0 Å². The molecule has 0 bridgehead atoms. The molecule has 0 saturated carbocycles. The van der Waals surface area contributed by atoms with Crippen molar-refractivity contribution in [1.82, 2.24) is 0 Å². The van der Waals surface area contributed by atoms with Crippen LogP contribution in [0, 0.1) is 0 Å². The number of nitrogens with zero attached hydrogens (tertiary/aromatic N) is 1. The molecule has 0 amide bonds. The molecule has 0 fully saturated rings. The second-order valence-corrected chi connectivity index (χ2v) is 14.5. The van der Waals surface area contributed by atoms with Crippen LogP contribution in [0.3, 0.4) is 0 Å². The van der Waals surface area contributed by atoms with Crippen LogP contribution < -0.4 is 4.90 Å². The summed E-state index contributed by atoms with van der Waals surface area (Å²) in [4.78, 5) is 2.44. The SMILES string of the molecule is c1ccc(-c2ccc(N(c3ccc4ccc5cc6oc7ccccc7c6cc5c4c3)c3ccc(-c4ccccc4)cc3-c3cccc4ccccc34)cc2)cc1. The van der Waals surface area contributed by atoms with Gasteiger partial charge >= 0.3 is 0 Å². The van der Waals surface area contributed by atoms with E-state index in [4.69, 9.17) is 4.42 Å². The van der Waals surface area contributed by atoms with Crippen LogP contribution in [0.15, 0.2) is 217 Å². The van der Waals surface area contributed by atoms with E-state index in [1.165, 1.54) is 60.3 Å². The zero-order valence-corrected chi connectivity index (χ0v) is 30.6. The van der Waals surface area contributed by atoms with E-state index in [1.54, 1.807) is 0 Å². The van der Waals surface area contributed by atoms with Gasteiger partial charge < -0.3 is 9.32 Å². The fourth-order valence-corrected chi connectivity index (χ4v) is 8.48. The first kappa shape index (κ1) is 32.0. The molecule has 0 spiro atoms. The third-order valence-electron chi connectivity index (χ3n) is 11.2. The smallest absolute Gasteiger partial charge is 0.136 e. The van der Waals surface area contributed by atoms with Gasteiger partial charge in [-0.1, -0.05) is 158 Å². The first-order valence-electron chi connectivity index (χ1n) is 19.2. The Morgan fingerprint density at radius 1 is 0.286 bits per heavy atom. The number of hydrogen-bond donors (Lipinski definition) is 0. The molecule has 56 heavy (non-hydrogen) atoms. The largest absolute Gasteiger partial charge is 0.456 e. The number of anilines is 3. The fourth-order valence-electron chi connectivity index (χ4n) is 8.48. The van der Waals surface area contributed by atoms with Gasteiger partial charge in [0.25, 0.3) is 0 Å². The third kappa shape index (κ3) is 5.42. The molecular weight excluding hydrogens is 679 g/mol. The predicted octanol–water partition coefficient (Wildman–Crippen LogP) is 15.5.